The van der Waals surface area contributed by atoms with Crippen LogP contribution in [0.25, 0.3) is 21.6 Å². The van der Waals surface area contributed by atoms with E-state index in [0.717, 1.165) is 50.6 Å². The quantitative estimate of drug-likeness (QED) is 0.244. The number of amides is 1. The summed E-state index contributed by atoms with van der Waals surface area (Å²) in [6.45, 7) is 4.07. The molecule has 5 nitrogen and oxygen atoms in total. The standard InChI is InChI=1S/C27H27N3O2S2/c1-16-8-13-21(17(2)14-16)28-23(31)15-33-26-24-20-6-4-5-7-22(20)34-27(24)30-25(29-26)18-9-11-19(32-3)12-10-18/h8-14H,4-7,15H2,1-3H3,(H,28,31). The third kappa shape index (κ3) is 4.68. The van der Waals surface area contributed by atoms with E-state index in [1.807, 2.05) is 43.3 Å². The van der Waals surface area contributed by atoms with Gasteiger partial charge in [0.25, 0.3) is 0 Å². The molecule has 2 aromatic carbocycles. The van der Waals surface area contributed by atoms with Gasteiger partial charge in [-0.1, -0.05) is 29.5 Å². The number of fused-ring (bicyclic) bond motifs is 3. The van der Waals surface area contributed by atoms with Crippen LogP contribution in [0.1, 0.15) is 34.4 Å². The van der Waals surface area contributed by atoms with Crippen molar-refractivity contribution in [2.75, 3.05) is 18.2 Å². The summed E-state index contributed by atoms with van der Waals surface area (Å²) in [5.41, 5.74) is 5.43. The van der Waals surface area contributed by atoms with Crippen molar-refractivity contribution in [2.24, 2.45) is 0 Å². The summed E-state index contributed by atoms with van der Waals surface area (Å²) < 4.78 is 5.30. The number of hydrogen-bond acceptors (Lipinski definition) is 6. The van der Waals surface area contributed by atoms with E-state index in [9.17, 15) is 4.79 Å². The van der Waals surface area contributed by atoms with Crippen LogP contribution in [0, 0.1) is 13.8 Å². The number of hydrogen-bond donors (Lipinski definition) is 1. The van der Waals surface area contributed by atoms with E-state index in [0.29, 0.717) is 11.6 Å². The fraction of sp³-hybridized carbons (Fsp3) is 0.296. The molecule has 5 rings (SSSR count). The van der Waals surface area contributed by atoms with Crippen LogP contribution in [-0.2, 0) is 17.6 Å². The zero-order valence-corrected chi connectivity index (χ0v) is 21.2. The molecule has 1 aliphatic rings. The Balaban J connectivity index is 1.46. The van der Waals surface area contributed by atoms with Crippen LogP contribution < -0.4 is 10.1 Å². The molecule has 2 heterocycles. The molecule has 0 spiro atoms. The highest BCUT2D eigenvalue weighted by molar-refractivity contribution is 8.00. The topological polar surface area (TPSA) is 64.1 Å². The highest BCUT2D eigenvalue weighted by Crippen LogP contribution is 2.40. The first-order valence-electron chi connectivity index (χ1n) is 11.5. The van der Waals surface area contributed by atoms with Crippen LogP contribution in [0.3, 0.4) is 0 Å². The molecule has 0 bridgehead atoms. The average molecular weight is 490 g/mol. The molecule has 0 unspecified atom stereocenters. The molecule has 174 valence electrons. The van der Waals surface area contributed by atoms with Gasteiger partial charge in [-0.15, -0.1) is 11.3 Å². The van der Waals surface area contributed by atoms with Crippen molar-refractivity contribution >= 4 is 44.9 Å². The highest BCUT2D eigenvalue weighted by atomic mass is 32.2. The van der Waals surface area contributed by atoms with Crippen LogP contribution in [-0.4, -0.2) is 28.7 Å². The maximum atomic E-state index is 12.8. The van der Waals surface area contributed by atoms with Crippen molar-refractivity contribution in [3.63, 3.8) is 0 Å². The molecular weight excluding hydrogens is 462 g/mol. The number of thiophene rings is 1. The lowest BCUT2D eigenvalue weighted by Crippen LogP contribution is -2.15. The summed E-state index contributed by atoms with van der Waals surface area (Å²) in [7, 11) is 1.66. The lowest BCUT2D eigenvalue weighted by atomic mass is 9.97. The van der Waals surface area contributed by atoms with Gasteiger partial charge in [0.15, 0.2) is 5.82 Å². The van der Waals surface area contributed by atoms with Crippen LogP contribution in [0.15, 0.2) is 47.5 Å². The molecule has 1 aliphatic carbocycles. The molecule has 4 aromatic rings. The molecule has 1 N–H and O–H groups in total. The number of methoxy groups -OCH3 is 1. The third-order valence-corrected chi connectivity index (χ3v) is 8.29. The van der Waals surface area contributed by atoms with E-state index in [4.69, 9.17) is 14.7 Å². The SMILES string of the molecule is COc1ccc(-c2nc(SCC(=O)Nc3ccc(C)cc3C)c3c4c(sc3n2)CCCC4)cc1. The van der Waals surface area contributed by atoms with Crippen LogP contribution in [0.2, 0.25) is 0 Å². The number of carbonyl (C=O) groups excluding carboxylic acids is 1. The number of carbonyl (C=O) groups is 1. The lowest BCUT2D eigenvalue weighted by Gasteiger charge is -2.13. The van der Waals surface area contributed by atoms with Crippen LogP contribution >= 0.6 is 23.1 Å². The first-order valence-corrected chi connectivity index (χ1v) is 13.3. The van der Waals surface area contributed by atoms with Gasteiger partial charge >= 0.3 is 0 Å². The molecule has 0 radical (unpaired) electrons. The monoisotopic (exact) mass is 489 g/mol. The fourth-order valence-corrected chi connectivity index (χ4v) is 6.55. The van der Waals surface area contributed by atoms with E-state index in [1.54, 1.807) is 18.4 Å². The van der Waals surface area contributed by atoms with Gasteiger partial charge in [0.05, 0.1) is 12.9 Å². The summed E-state index contributed by atoms with van der Waals surface area (Å²) in [6.07, 6.45) is 4.57. The minimum Gasteiger partial charge on any atom is -0.497 e. The number of aromatic nitrogens is 2. The number of ether oxygens (including phenoxy) is 1. The second kappa shape index (κ2) is 9.76. The van der Waals surface area contributed by atoms with Gasteiger partial charge in [-0.2, -0.15) is 0 Å². The zero-order chi connectivity index (χ0) is 23.7. The second-order valence-electron chi connectivity index (χ2n) is 8.63. The van der Waals surface area contributed by atoms with Crippen LogP contribution in [0.5, 0.6) is 5.75 Å². The molecule has 0 aliphatic heterocycles. The number of anilines is 1. The number of nitrogens with zero attached hydrogens (tertiary/aromatic N) is 2. The summed E-state index contributed by atoms with van der Waals surface area (Å²) >= 11 is 3.28. The predicted molar refractivity (Wildman–Crippen MR) is 141 cm³/mol. The van der Waals surface area contributed by atoms with Crippen molar-refractivity contribution in [3.05, 3.63) is 64.0 Å². The first kappa shape index (κ1) is 22.9. The number of aryl methyl sites for hydroxylation is 4. The minimum absolute atomic E-state index is 0.0289. The number of thioether (sulfide) groups is 1. The number of benzene rings is 2. The average Bonchev–Trinajstić information content (AvgIpc) is 3.23. The zero-order valence-electron chi connectivity index (χ0n) is 19.6. The van der Waals surface area contributed by atoms with E-state index < -0.39 is 0 Å². The van der Waals surface area contributed by atoms with E-state index in [-0.39, 0.29) is 5.91 Å². The van der Waals surface area contributed by atoms with Crippen LogP contribution in [0.4, 0.5) is 5.69 Å². The molecule has 0 fully saturated rings. The largest absolute Gasteiger partial charge is 0.497 e. The smallest absolute Gasteiger partial charge is 0.234 e. The maximum Gasteiger partial charge on any atom is 0.234 e. The minimum atomic E-state index is -0.0289. The summed E-state index contributed by atoms with van der Waals surface area (Å²) in [6, 6.07) is 13.9. The Morgan fingerprint density at radius 3 is 2.65 bits per heavy atom. The van der Waals surface area contributed by atoms with Gasteiger partial charge in [-0.25, -0.2) is 9.97 Å². The summed E-state index contributed by atoms with van der Waals surface area (Å²) in [5, 5.41) is 5.09. The van der Waals surface area contributed by atoms with Crippen molar-refractivity contribution in [2.45, 2.75) is 44.6 Å². The Morgan fingerprint density at radius 2 is 1.88 bits per heavy atom. The van der Waals surface area contributed by atoms with Crippen molar-refractivity contribution in [1.82, 2.24) is 9.97 Å². The van der Waals surface area contributed by atoms with Gasteiger partial charge in [0.1, 0.15) is 15.6 Å². The Labute approximate surface area is 208 Å². The van der Waals surface area contributed by atoms with Gasteiger partial charge in [-0.3, -0.25) is 4.79 Å². The summed E-state index contributed by atoms with van der Waals surface area (Å²) in [4.78, 5) is 25.2. The molecule has 7 heteroatoms. The number of rotatable bonds is 6. The Morgan fingerprint density at radius 1 is 1.09 bits per heavy atom. The second-order valence-corrected chi connectivity index (χ2v) is 10.7. The van der Waals surface area contributed by atoms with Crippen molar-refractivity contribution in [3.8, 4) is 17.1 Å². The van der Waals surface area contributed by atoms with Crippen molar-refractivity contribution < 1.29 is 9.53 Å². The maximum absolute atomic E-state index is 12.8. The molecule has 34 heavy (non-hydrogen) atoms. The van der Waals surface area contributed by atoms with E-state index >= 15 is 0 Å². The third-order valence-electron chi connectivity index (χ3n) is 6.13. The predicted octanol–water partition coefficient (Wildman–Crippen LogP) is 6.59. The molecule has 0 saturated carbocycles. The molecule has 0 saturated heterocycles. The molecule has 2 aromatic heterocycles. The van der Waals surface area contributed by atoms with Gasteiger partial charge in [0, 0.05) is 21.5 Å². The lowest BCUT2D eigenvalue weighted by molar-refractivity contribution is -0.113. The summed E-state index contributed by atoms with van der Waals surface area (Å²) in [5.74, 6) is 1.76. The first-order chi connectivity index (χ1) is 16.5. The Bertz CT molecular complexity index is 1360. The van der Waals surface area contributed by atoms with E-state index in [2.05, 4.69) is 18.3 Å². The molecular formula is C27H27N3O2S2. The van der Waals surface area contributed by atoms with Crippen molar-refractivity contribution in [1.29, 1.82) is 0 Å². The van der Waals surface area contributed by atoms with Gasteiger partial charge in [0.2, 0.25) is 5.91 Å². The molecule has 1 amide bonds. The van der Waals surface area contributed by atoms with E-state index in [1.165, 1.54) is 40.6 Å². The Kier molecular flexibility index (Phi) is 6.57. The highest BCUT2D eigenvalue weighted by Gasteiger charge is 2.22. The normalized spacial score (nSPS) is 13.0. The Hall–Kier alpha value is -2.90. The van der Waals surface area contributed by atoms with Gasteiger partial charge < -0.3 is 10.1 Å². The fourth-order valence-electron chi connectivity index (χ4n) is 4.37. The number of nitrogens with one attached hydrogen (secondary N) is 1. The van der Waals surface area contributed by atoms with Gasteiger partial charge in [-0.05, 0) is 81.0 Å². The molecule has 0 atom stereocenters.